The van der Waals surface area contributed by atoms with Gasteiger partial charge >= 0.3 is 0 Å². The lowest BCUT2D eigenvalue weighted by Gasteiger charge is -2.38. The minimum Gasteiger partial charge on any atom is -0.394 e. The number of aliphatic hydroxyl groups excluding tert-OH is 1. The SMILES string of the molecule is CC(C)CC(CO)NC(=O)C1CCCCC1(C)C. The van der Waals surface area contributed by atoms with Crippen LogP contribution in [0.4, 0.5) is 0 Å². The van der Waals surface area contributed by atoms with Gasteiger partial charge in [-0.1, -0.05) is 40.5 Å². The quantitative estimate of drug-likeness (QED) is 0.793. The molecular formula is C15H29NO2. The van der Waals surface area contributed by atoms with Gasteiger partial charge in [0.25, 0.3) is 0 Å². The van der Waals surface area contributed by atoms with Gasteiger partial charge in [0.2, 0.25) is 5.91 Å². The van der Waals surface area contributed by atoms with Crippen LogP contribution < -0.4 is 5.32 Å². The van der Waals surface area contributed by atoms with Gasteiger partial charge in [0.05, 0.1) is 12.6 Å². The highest BCUT2D eigenvalue weighted by atomic mass is 16.3. The van der Waals surface area contributed by atoms with E-state index in [2.05, 4.69) is 33.0 Å². The molecular weight excluding hydrogens is 226 g/mol. The van der Waals surface area contributed by atoms with Gasteiger partial charge in [-0.2, -0.15) is 0 Å². The Morgan fingerprint density at radius 1 is 1.39 bits per heavy atom. The molecule has 3 nitrogen and oxygen atoms in total. The summed E-state index contributed by atoms with van der Waals surface area (Å²) in [5.74, 6) is 0.730. The van der Waals surface area contributed by atoms with Crippen molar-refractivity contribution >= 4 is 5.91 Å². The normalized spacial score (nSPS) is 24.9. The zero-order chi connectivity index (χ0) is 13.8. The highest BCUT2D eigenvalue weighted by Gasteiger charge is 2.37. The van der Waals surface area contributed by atoms with E-state index < -0.39 is 0 Å². The van der Waals surface area contributed by atoms with E-state index in [0.29, 0.717) is 5.92 Å². The minimum atomic E-state index is -0.0878. The number of hydrogen-bond acceptors (Lipinski definition) is 2. The monoisotopic (exact) mass is 255 g/mol. The highest BCUT2D eigenvalue weighted by Crippen LogP contribution is 2.40. The summed E-state index contributed by atoms with van der Waals surface area (Å²) in [5, 5.41) is 12.4. The van der Waals surface area contributed by atoms with Crippen LogP contribution in [0.1, 0.15) is 59.8 Å². The molecule has 1 aliphatic carbocycles. The lowest BCUT2D eigenvalue weighted by Crippen LogP contribution is -2.46. The average molecular weight is 255 g/mol. The molecule has 1 aliphatic rings. The first-order valence-corrected chi connectivity index (χ1v) is 7.28. The van der Waals surface area contributed by atoms with Crippen LogP contribution in [-0.2, 0) is 4.79 Å². The Bertz CT molecular complexity index is 274. The lowest BCUT2D eigenvalue weighted by molar-refractivity contribution is -0.131. The molecule has 2 atom stereocenters. The number of rotatable bonds is 5. The Morgan fingerprint density at radius 3 is 2.56 bits per heavy atom. The predicted molar refractivity (Wildman–Crippen MR) is 74.2 cm³/mol. The Morgan fingerprint density at radius 2 is 2.06 bits per heavy atom. The third-order valence-electron chi connectivity index (χ3n) is 4.15. The molecule has 0 heterocycles. The summed E-state index contributed by atoms with van der Waals surface area (Å²) in [5.41, 5.74) is 0.0974. The van der Waals surface area contributed by atoms with Gasteiger partial charge in [-0.25, -0.2) is 0 Å². The molecule has 2 unspecified atom stereocenters. The number of nitrogens with one attached hydrogen (secondary N) is 1. The van der Waals surface area contributed by atoms with E-state index in [-0.39, 0.29) is 29.9 Å². The first kappa shape index (κ1) is 15.5. The fraction of sp³-hybridized carbons (Fsp3) is 0.933. The molecule has 0 aliphatic heterocycles. The molecule has 0 aromatic heterocycles. The standard InChI is InChI=1S/C15H29NO2/c1-11(2)9-12(10-17)16-14(18)13-7-5-6-8-15(13,3)4/h11-13,17H,5-10H2,1-4H3,(H,16,18). The molecule has 1 rings (SSSR count). The van der Waals surface area contributed by atoms with Crippen molar-refractivity contribution in [2.45, 2.75) is 65.8 Å². The van der Waals surface area contributed by atoms with E-state index in [1.807, 2.05) is 0 Å². The average Bonchev–Trinajstić information content (AvgIpc) is 2.26. The van der Waals surface area contributed by atoms with Crippen LogP contribution in [0.3, 0.4) is 0 Å². The number of carbonyl (C=O) groups is 1. The summed E-state index contributed by atoms with van der Waals surface area (Å²) in [6.07, 6.45) is 5.33. The van der Waals surface area contributed by atoms with Crippen molar-refractivity contribution in [1.82, 2.24) is 5.32 Å². The van der Waals surface area contributed by atoms with Crippen molar-refractivity contribution < 1.29 is 9.90 Å². The molecule has 3 heteroatoms. The van der Waals surface area contributed by atoms with Crippen molar-refractivity contribution in [3.8, 4) is 0 Å². The van der Waals surface area contributed by atoms with E-state index in [9.17, 15) is 9.90 Å². The minimum absolute atomic E-state index is 0.0388. The number of carbonyl (C=O) groups excluding carboxylic acids is 1. The van der Waals surface area contributed by atoms with Crippen LogP contribution in [0, 0.1) is 17.3 Å². The predicted octanol–water partition coefficient (Wildman–Crippen LogP) is 2.73. The van der Waals surface area contributed by atoms with Crippen LogP contribution in [0.25, 0.3) is 0 Å². The fourth-order valence-corrected chi connectivity index (χ4v) is 3.03. The van der Waals surface area contributed by atoms with Crippen molar-refractivity contribution in [2.75, 3.05) is 6.61 Å². The van der Waals surface area contributed by atoms with E-state index in [0.717, 1.165) is 25.7 Å². The van der Waals surface area contributed by atoms with Gasteiger partial charge in [-0.3, -0.25) is 4.79 Å². The first-order chi connectivity index (χ1) is 8.36. The van der Waals surface area contributed by atoms with Gasteiger partial charge in [0.1, 0.15) is 0 Å². The second-order valence-corrected chi connectivity index (χ2v) is 6.80. The Hall–Kier alpha value is -0.570. The molecule has 18 heavy (non-hydrogen) atoms. The summed E-state index contributed by atoms with van der Waals surface area (Å²) >= 11 is 0. The molecule has 1 fully saturated rings. The molecule has 0 radical (unpaired) electrons. The molecule has 0 bridgehead atoms. The summed E-state index contributed by atoms with van der Waals surface area (Å²) in [6, 6.07) is -0.0878. The van der Waals surface area contributed by atoms with E-state index >= 15 is 0 Å². The second kappa shape index (κ2) is 6.55. The maximum absolute atomic E-state index is 12.3. The van der Waals surface area contributed by atoms with Crippen molar-refractivity contribution in [1.29, 1.82) is 0 Å². The zero-order valence-electron chi connectivity index (χ0n) is 12.3. The van der Waals surface area contributed by atoms with Crippen molar-refractivity contribution in [3.05, 3.63) is 0 Å². The number of amides is 1. The zero-order valence-corrected chi connectivity index (χ0v) is 12.3. The highest BCUT2D eigenvalue weighted by molar-refractivity contribution is 5.79. The molecule has 106 valence electrons. The van der Waals surface area contributed by atoms with E-state index in [1.54, 1.807) is 0 Å². The van der Waals surface area contributed by atoms with Gasteiger partial charge in [-0.15, -0.1) is 0 Å². The molecule has 0 saturated heterocycles. The second-order valence-electron chi connectivity index (χ2n) is 6.80. The summed E-state index contributed by atoms with van der Waals surface area (Å²) in [7, 11) is 0. The summed E-state index contributed by atoms with van der Waals surface area (Å²) in [6.45, 7) is 8.63. The molecule has 2 N–H and O–H groups in total. The fourth-order valence-electron chi connectivity index (χ4n) is 3.03. The number of aliphatic hydroxyl groups is 1. The molecule has 1 saturated carbocycles. The van der Waals surface area contributed by atoms with Gasteiger partial charge in [0, 0.05) is 5.92 Å². The van der Waals surface area contributed by atoms with Gasteiger partial charge < -0.3 is 10.4 Å². The Balaban J connectivity index is 2.57. The third-order valence-corrected chi connectivity index (χ3v) is 4.15. The van der Waals surface area contributed by atoms with Gasteiger partial charge in [-0.05, 0) is 30.6 Å². The lowest BCUT2D eigenvalue weighted by atomic mass is 9.68. The largest absolute Gasteiger partial charge is 0.394 e. The van der Waals surface area contributed by atoms with Crippen molar-refractivity contribution in [3.63, 3.8) is 0 Å². The summed E-state index contributed by atoms with van der Waals surface area (Å²) in [4.78, 5) is 12.3. The molecule has 0 spiro atoms. The van der Waals surface area contributed by atoms with Crippen LogP contribution >= 0.6 is 0 Å². The Kier molecular flexibility index (Phi) is 5.64. The van der Waals surface area contributed by atoms with Crippen LogP contribution in [0.5, 0.6) is 0 Å². The van der Waals surface area contributed by atoms with E-state index in [4.69, 9.17) is 0 Å². The third kappa shape index (κ3) is 4.27. The smallest absolute Gasteiger partial charge is 0.223 e. The number of hydrogen-bond donors (Lipinski definition) is 2. The van der Waals surface area contributed by atoms with E-state index in [1.165, 1.54) is 6.42 Å². The molecule has 0 aromatic carbocycles. The van der Waals surface area contributed by atoms with Crippen LogP contribution in [-0.4, -0.2) is 23.7 Å². The first-order valence-electron chi connectivity index (χ1n) is 7.28. The van der Waals surface area contributed by atoms with Crippen LogP contribution in [0.15, 0.2) is 0 Å². The maximum Gasteiger partial charge on any atom is 0.223 e. The van der Waals surface area contributed by atoms with Crippen molar-refractivity contribution in [2.24, 2.45) is 17.3 Å². The maximum atomic E-state index is 12.3. The van der Waals surface area contributed by atoms with Crippen LogP contribution in [0.2, 0.25) is 0 Å². The topological polar surface area (TPSA) is 49.3 Å². The molecule has 1 amide bonds. The van der Waals surface area contributed by atoms with Gasteiger partial charge in [0.15, 0.2) is 0 Å². The summed E-state index contributed by atoms with van der Waals surface area (Å²) < 4.78 is 0. The molecule has 0 aromatic rings. The Labute approximate surface area is 111 Å².